The molecule has 3 nitrogen and oxygen atoms in total. The Morgan fingerprint density at radius 1 is 0.412 bits per heavy atom. The summed E-state index contributed by atoms with van der Waals surface area (Å²) in [6.45, 7) is 4.72. The third kappa shape index (κ3) is 4.77. The Kier molecular flexibility index (Phi) is 6.53. The summed E-state index contributed by atoms with van der Waals surface area (Å²) in [6, 6.07) is 54.6. The predicted molar refractivity (Wildman–Crippen MR) is 212 cm³/mol. The molecule has 2 heterocycles. The normalized spacial score (nSPS) is 13.1. The Balaban J connectivity index is 1.13. The number of fused-ring (bicyclic) bond motifs is 6. The lowest BCUT2D eigenvalue weighted by Gasteiger charge is -2.22. The molecule has 9 aromatic rings. The van der Waals surface area contributed by atoms with Crippen LogP contribution in [0.3, 0.4) is 0 Å². The Bertz CT molecular complexity index is 2830. The molecule has 240 valence electrons. The molecule has 0 bridgehead atoms. The van der Waals surface area contributed by atoms with Crippen LogP contribution in [-0.2, 0) is 5.41 Å². The second kappa shape index (κ2) is 11.3. The standard InChI is InChI=1S/C48H33N3/c1-48(2)43-27-34(18-19-40(43)42-25-32-12-6-7-13-33(32)26-44(42)48)37-20-21-41(39-15-9-8-14-38(37)39)46-28-45(50-47(51-46)31-10-4-3-5-11-31)35-17-16-30-22-23-49-29-36(30)24-35/h3-29H,1-2H3. The van der Waals surface area contributed by atoms with E-state index < -0.39 is 0 Å². The van der Waals surface area contributed by atoms with Gasteiger partial charge in [0.2, 0.25) is 0 Å². The number of benzene rings is 7. The van der Waals surface area contributed by atoms with Crippen molar-refractivity contribution in [3.63, 3.8) is 0 Å². The molecule has 0 fully saturated rings. The number of hydrogen-bond donors (Lipinski definition) is 0. The fourth-order valence-electron chi connectivity index (χ4n) is 8.06. The Labute approximate surface area is 297 Å². The zero-order valence-electron chi connectivity index (χ0n) is 28.4. The van der Waals surface area contributed by atoms with Crippen LogP contribution in [0.25, 0.3) is 88.5 Å². The molecule has 0 saturated carbocycles. The molecule has 10 rings (SSSR count). The maximum absolute atomic E-state index is 5.20. The van der Waals surface area contributed by atoms with Crippen molar-refractivity contribution in [2.24, 2.45) is 0 Å². The zero-order chi connectivity index (χ0) is 34.1. The quantitative estimate of drug-likeness (QED) is 0.190. The molecule has 0 saturated heterocycles. The van der Waals surface area contributed by atoms with E-state index in [1.54, 1.807) is 0 Å². The van der Waals surface area contributed by atoms with Crippen molar-refractivity contribution in [3.05, 3.63) is 175 Å². The van der Waals surface area contributed by atoms with Crippen LogP contribution >= 0.6 is 0 Å². The van der Waals surface area contributed by atoms with Gasteiger partial charge in [0.1, 0.15) is 0 Å². The van der Waals surface area contributed by atoms with Crippen molar-refractivity contribution in [1.82, 2.24) is 15.0 Å². The van der Waals surface area contributed by atoms with Crippen molar-refractivity contribution in [2.75, 3.05) is 0 Å². The minimum absolute atomic E-state index is 0.107. The highest BCUT2D eigenvalue weighted by molar-refractivity contribution is 6.05. The van der Waals surface area contributed by atoms with E-state index in [1.807, 2.05) is 36.7 Å². The maximum atomic E-state index is 5.20. The van der Waals surface area contributed by atoms with E-state index in [-0.39, 0.29) is 5.41 Å². The lowest BCUT2D eigenvalue weighted by atomic mass is 9.81. The van der Waals surface area contributed by atoms with Crippen molar-refractivity contribution in [2.45, 2.75) is 19.3 Å². The molecule has 0 aliphatic heterocycles. The molecular formula is C48H33N3. The monoisotopic (exact) mass is 651 g/mol. The van der Waals surface area contributed by atoms with Crippen LogP contribution in [0, 0.1) is 0 Å². The van der Waals surface area contributed by atoms with Crippen LogP contribution in [0.1, 0.15) is 25.0 Å². The highest BCUT2D eigenvalue weighted by atomic mass is 14.9. The fraction of sp³-hybridized carbons (Fsp3) is 0.0625. The van der Waals surface area contributed by atoms with Crippen molar-refractivity contribution in [3.8, 4) is 56.2 Å². The van der Waals surface area contributed by atoms with Gasteiger partial charge in [-0.1, -0.05) is 129 Å². The van der Waals surface area contributed by atoms with Gasteiger partial charge < -0.3 is 0 Å². The van der Waals surface area contributed by atoms with Crippen molar-refractivity contribution in [1.29, 1.82) is 0 Å². The fourth-order valence-corrected chi connectivity index (χ4v) is 8.06. The van der Waals surface area contributed by atoms with Crippen LogP contribution in [-0.4, -0.2) is 15.0 Å². The molecule has 7 aromatic carbocycles. The molecule has 0 unspecified atom stereocenters. The van der Waals surface area contributed by atoms with E-state index in [4.69, 9.17) is 9.97 Å². The summed E-state index contributed by atoms with van der Waals surface area (Å²) in [4.78, 5) is 14.7. The van der Waals surface area contributed by atoms with Gasteiger partial charge in [0.25, 0.3) is 0 Å². The topological polar surface area (TPSA) is 38.7 Å². The van der Waals surface area contributed by atoms with Crippen molar-refractivity contribution >= 4 is 32.3 Å². The largest absolute Gasteiger partial charge is 0.264 e. The summed E-state index contributed by atoms with van der Waals surface area (Å²) in [6.07, 6.45) is 3.74. The van der Waals surface area contributed by atoms with E-state index in [2.05, 4.69) is 146 Å². The van der Waals surface area contributed by atoms with Crippen molar-refractivity contribution < 1.29 is 0 Å². The molecule has 51 heavy (non-hydrogen) atoms. The van der Waals surface area contributed by atoms with E-state index in [0.717, 1.165) is 44.2 Å². The third-order valence-electron chi connectivity index (χ3n) is 10.7. The molecule has 3 heteroatoms. The number of hydrogen-bond acceptors (Lipinski definition) is 3. The van der Waals surface area contributed by atoms with E-state index in [9.17, 15) is 0 Å². The first kappa shape index (κ1) is 29.5. The van der Waals surface area contributed by atoms with Gasteiger partial charge in [0, 0.05) is 39.9 Å². The van der Waals surface area contributed by atoms with E-state index in [1.165, 1.54) is 49.5 Å². The molecule has 0 atom stereocenters. The summed E-state index contributed by atoms with van der Waals surface area (Å²) in [7, 11) is 0. The summed E-state index contributed by atoms with van der Waals surface area (Å²) in [5, 5.41) is 7.18. The van der Waals surface area contributed by atoms with Crippen LogP contribution in [0.2, 0.25) is 0 Å². The SMILES string of the molecule is CC1(C)c2cc(-c3ccc(-c4cc(-c5ccc6ccncc6c5)nc(-c5ccccc5)n4)c4ccccc34)ccc2-c2cc3ccccc3cc21. The van der Waals surface area contributed by atoms with Gasteiger partial charge in [-0.25, -0.2) is 9.97 Å². The summed E-state index contributed by atoms with van der Waals surface area (Å²) >= 11 is 0. The van der Waals surface area contributed by atoms with Crippen LogP contribution in [0.4, 0.5) is 0 Å². The summed E-state index contributed by atoms with van der Waals surface area (Å²) < 4.78 is 0. The molecule has 2 aromatic heterocycles. The molecular weight excluding hydrogens is 619 g/mol. The molecule has 0 spiro atoms. The van der Waals surface area contributed by atoms with Crippen LogP contribution in [0.15, 0.2) is 164 Å². The minimum Gasteiger partial charge on any atom is -0.264 e. The Morgan fingerprint density at radius 3 is 1.92 bits per heavy atom. The molecule has 1 aliphatic rings. The molecule has 0 amide bonds. The number of aromatic nitrogens is 3. The number of nitrogens with zero attached hydrogens (tertiary/aromatic N) is 3. The van der Waals surface area contributed by atoms with Gasteiger partial charge in [-0.3, -0.25) is 4.98 Å². The van der Waals surface area contributed by atoms with Gasteiger partial charge in [0.15, 0.2) is 5.82 Å². The maximum Gasteiger partial charge on any atom is 0.160 e. The Morgan fingerprint density at radius 2 is 1.08 bits per heavy atom. The molecule has 0 radical (unpaired) electrons. The second-order valence-corrected chi connectivity index (χ2v) is 14.1. The number of pyridine rings is 1. The van der Waals surface area contributed by atoms with Gasteiger partial charge in [0.05, 0.1) is 11.4 Å². The third-order valence-corrected chi connectivity index (χ3v) is 10.7. The lowest BCUT2D eigenvalue weighted by Crippen LogP contribution is -2.15. The van der Waals surface area contributed by atoms with Gasteiger partial charge in [-0.2, -0.15) is 0 Å². The minimum atomic E-state index is -0.107. The first-order valence-electron chi connectivity index (χ1n) is 17.5. The van der Waals surface area contributed by atoms with Crippen LogP contribution in [0.5, 0.6) is 0 Å². The van der Waals surface area contributed by atoms with Gasteiger partial charge in [-0.05, 0) is 96.7 Å². The first-order chi connectivity index (χ1) is 25.0. The Hall–Kier alpha value is -6.45. The van der Waals surface area contributed by atoms with Gasteiger partial charge in [-0.15, -0.1) is 0 Å². The smallest absolute Gasteiger partial charge is 0.160 e. The first-order valence-corrected chi connectivity index (χ1v) is 17.5. The van der Waals surface area contributed by atoms with Gasteiger partial charge >= 0.3 is 0 Å². The summed E-state index contributed by atoms with van der Waals surface area (Å²) in [5.74, 6) is 0.704. The zero-order valence-corrected chi connectivity index (χ0v) is 28.4. The summed E-state index contributed by atoms with van der Waals surface area (Å²) in [5.41, 5.74) is 12.6. The van der Waals surface area contributed by atoms with Crippen LogP contribution < -0.4 is 0 Å². The average Bonchev–Trinajstić information content (AvgIpc) is 3.41. The van der Waals surface area contributed by atoms with E-state index >= 15 is 0 Å². The highest BCUT2D eigenvalue weighted by Crippen LogP contribution is 2.51. The average molecular weight is 652 g/mol. The highest BCUT2D eigenvalue weighted by Gasteiger charge is 2.36. The van der Waals surface area contributed by atoms with E-state index in [0.29, 0.717) is 5.82 Å². The molecule has 1 aliphatic carbocycles. The number of rotatable bonds is 4. The lowest BCUT2D eigenvalue weighted by molar-refractivity contribution is 0.661. The molecule has 0 N–H and O–H groups in total. The predicted octanol–water partition coefficient (Wildman–Crippen LogP) is 12.3. The second-order valence-electron chi connectivity index (χ2n) is 14.1.